The predicted octanol–water partition coefficient (Wildman–Crippen LogP) is 2.56. The van der Waals surface area contributed by atoms with Crippen molar-refractivity contribution in [3.8, 4) is 0 Å². The first-order valence-corrected chi connectivity index (χ1v) is 6.91. The summed E-state index contributed by atoms with van der Waals surface area (Å²) >= 11 is 0. The van der Waals surface area contributed by atoms with Crippen LogP contribution in [0, 0.1) is 0 Å². The van der Waals surface area contributed by atoms with E-state index < -0.39 is 0 Å². The molecule has 21 heavy (non-hydrogen) atoms. The van der Waals surface area contributed by atoms with Gasteiger partial charge in [-0.1, -0.05) is 54.6 Å². The van der Waals surface area contributed by atoms with Crippen LogP contribution in [0.1, 0.15) is 0 Å². The Kier molecular flexibility index (Phi) is 4.08. The van der Waals surface area contributed by atoms with Crippen molar-refractivity contribution < 1.29 is 0 Å². The molecule has 4 rings (SSSR count). The van der Waals surface area contributed by atoms with Gasteiger partial charge in [0.05, 0.1) is 5.52 Å². The molecule has 3 aromatic rings. The summed E-state index contributed by atoms with van der Waals surface area (Å²) in [6.45, 7) is 0. The number of pyridine rings is 1. The third-order valence-electron chi connectivity index (χ3n) is 3.22. The second-order valence-electron chi connectivity index (χ2n) is 4.66. The molecule has 2 heterocycles. The fourth-order valence-corrected chi connectivity index (χ4v) is 2.16. The topological polar surface area (TPSA) is 24.9 Å². The van der Waals surface area contributed by atoms with Crippen LogP contribution in [-0.4, -0.2) is 4.98 Å². The SMILES string of the molecule is C1=CNC=c2ccccc2=C1.c1ccc2ncccc2c1. The number of allylic oxidation sites excluding steroid dienone is 1. The summed E-state index contributed by atoms with van der Waals surface area (Å²) in [5.74, 6) is 0. The van der Waals surface area contributed by atoms with Crippen LogP contribution in [0.5, 0.6) is 0 Å². The summed E-state index contributed by atoms with van der Waals surface area (Å²) < 4.78 is 0. The molecule has 0 bridgehead atoms. The van der Waals surface area contributed by atoms with E-state index in [1.165, 1.54) is 15.8 Å². The van der Waals surface area contributed by atoms with Crippen LogP contribution < -0.4 is 15.8 Å². The highest BCUT2D eigenvalue weighted by atomic mass is 14.8. The Morgan fingerprint density at radius 1 is 0.762 bits per heavy atom. The zero-order valence-electron chi connectivity index (χ0n) is 11.6. The average Bonchev–Trinajstić information content (AvgIpc) is 2.81. The second kappa shape index (κ2) is 6.53. The highest BCUT2D eigenvalue weighted by molar-refractivity contribution is 5.77. The normalized spacial score (nSPS) is 11.8. The van der Waals surface area contributed by atoms with Crippen molar-refractivity contribution in [3.05, 3.63) is 89.6 Å². The van der Waals surface area contributed by atoms with Crippen LogP contribution in [0.15, 0.2) is 79.1 Å². The lowest BCUT2D eigenvalue weighted by Crippen LogP contribution is -2.24. The molecule has 1 N–H and O–H groups in total. The van der Waals surface area contributed by atoms with E-state index in [-0.39, 0.29) is 0 Å². The van der Waals surface area contributed by atoms with E-state index in [0.717, 1.165) is 5.52 Å². The lowest BCUT2D eigenvalue weighted by atomic mass is 10.2. The van der Waals surface area contributed by atoms with Gasteiger partial charge in [-0.05, 0) is 28.6 Å². The Bertz CT molecular complexity index is 814. The summed E-state index contributed by atoms with van der Waals surface area (Å²) in [5.41, 5.74) is 1.06. The van der Waals surface area contributed by atoms with Gasteiger partial charge in [0, 0.05) is 24.0 Å². The first-order valence-electron chi connectivity index (χ1n) is 6.91. The number of nitrogens with one attached hydrogen (secondary N) is 1. The lowest BCUT2D eigenvalue weighted by molar-refractivity contribution is 1.28. The molecule has 0 fully saturated rings. The summed E-state index contributed by atoms with van der Waals surface area (Å²) in [4.78, 5) is 4.18. The Hall–Kier alpha value is -2.87. The predicted molar refractivity (Wildman–Crippen MR) is 88.6 cm³/mol. The van der Waals surface area contributed by atoms with Crippen LogP contribution in [0.4, 0.5) is 0 Å². The van der Waals surface area contributed by atoms with E-state index in [9.17, 15) is 0 Å². The Morgan fingerprint density at radius 3 is 2.43 bits per heavy atom. The van der Waals surface area contributed by atoms with Crippen LogP contribution >= 0.6 is 0 Å². The highest BCUT2D eigenvalue weighted by Crippen LogP contribution is 2.07. The van der Waals surface area contributed by atoms with Crippen molar-refractivity contribution in [1.82, 2.24) is 10.3 Å². The molecule has 0 aliphatic carbocycles. The molecule has 102 valence electrons. The van der Waals surface area contributed by atoms with Gasteiger partial charge in [-0.15, -0.1) is 0 Å². The number of benzene rings is 2. The third kappa shape index (κ3) is 3.37. The Balaban J connectivity index is 0.000000126. The van der Waals surface area contributed by atoms with Gasteiger partial charge >= 0.3 is 0 Å². The molecule has 2 heteroatoms. The van der Waals surface area contributed by atoms with E-state index in [2.05, 4.69) is 40.6 Å². The molecule has 1 aliphatic rings. The van der Waals surface area contributed by atoms with Gasteiger partial charge in [0.2, 0.25) is 0 Å². The fourth-order valence-electron chi connectivity index (χ4n) is 2.16. The van der Waals surface area contributed by atoms with E-state index in [4.69, 9.17) is 0 Å². The first kappa shape index (κ1) is 13.1. The minimum Gasteiger partial charge on any atom is -0.367 e. The molecule has 0 saturated heterocycles. The molecular formula is C19H16N2. The largest absolute Gasteiger partial charge is 0.367 e. The quantitative estimate of drug-likeness (QED) is 0.680. The van der Waals surface area contributed by atoms with Gasteiger partial charge in [-0.3, -0.25) is 4.98 Å². The summed E-state index contributed by atoms with van der Waals surface area (Å²) in [6.07, 6.45) is 9.81. The van der Waals surface area contributed by atoms with E-state index in [0.29, 0.717) is 0 Å². The van der Waals surface area contributed by atoms with Crippen molar-refractivity contribution in [2.24, 2.45) is 0 Å². The molecule has 0 spiro atoms. The minimum absolute atomic E-state index is 1.06. The van der Waals surface area contributed by atoms with E-state index in [1.807, 2.05) is 61.1 Å². The average molecular weight is 272 g/mol. The van der Waals surface area contributed by atoms with Gasteiger partial charge in [0.15, 0.2) is 0 Å². The maximum Gasteiger partial charge on any atom is 0.0701 e. The molecule has 0 atom stereocenters. The van der Waals surface area contributed by atoms with Crippen LogP contribution in [-0.2, 0) is 0 Å². The van der Waals surface area contributed by atoms with Gasteiger partial charge in [-0.25, -0.2) is 0 Å². The molecule has 1 aliphatic heterocycles. The Morgan fingerprint density at radius 2 is 1.52 bits per heavy atom. The zero-order chi connectivity index (χ0) is 14.3. The maximum absolute atomic E-state index is 4.18. The number of rotatable bonds is 0. The van der Waals surface area contributed by atoms with Crippen LogP contribution in [0.25, 0.3) is 23.2 Å². The molecule has 0 radical (unpaired) electrons. The molecule has 2 nitrogen and oxygen atoms in total. The van der Waals surface area contributed by atoms with Crippen molar-refractivity contribution in [1.29, 1.82) is 0 Å². The third-order valence-corrected chi connectivity index (χ3v) is 3.22. The van der Waals surface area contributed by atoms with Gasteiger partial charge < -0.3 is 5.32 Å². The minimum atomic E-state index is 1.06. The molecular weight excluding hydrogens is 256 g/mol. The number of para-hydroxylation sites is 1. The highest BCUT2D eigenvalue weighted by Gasteiger charge is 1.86. The van der Waals surface area contributed by atoms with Gasteiger partial charge in [0.25, 0.3) is 0 Å². The Labute approximate surface area is 123 Å². The molecule has 1 aromatic heterocycles. The van der Waals surface area contributed by atoms with Crippen LogP contribution in [0.3, 0.4) is 0 Å². The zero-order valence-corrected chi connectivity index (χ0v) is 11.6. The summed E-state index contributed by atoms with van der Waals surface area (Å²) in [7, 11) is 0. The van der Waals surface area contributed by atoms with Crippen LogP contribution in [0.2, 0.25) is 0 Å². The smallest absolute Gasteiger partial charge is 0.0701 e. The van der Waals surface area contributed by atoms with Gasteiger partial charge in [-0.2, -0.15) is 0 Å². The molecule has 0 unspecified atom stereocenters. The molecule has 0 saturated carbocycles. The summed E-state index contributed by atoms with van der Waals surface area (Å²) in [5, 5.41) is 6.76. The first-order chi connectivity index (χ1) is 10.4. The number of nitrogens with zero attached hydrogens (tertiary/aromatic N) is 1. The number of hydrogen-bond donors (Lipinski definition) is 1. The monoisotopic (exact) mass is 272 g/mol. The second-order valence-corrected chi connectivity index (χ2v) is 4.66. The van der Waals surface area contributed by atoms with Gasteiger partial charge in [0.1, 0.15) is 0 Å². The van der Waals surface area contributed by atoms with E-state index in [1.54, 1.807) is 0 Å². The summed E-state index contributed by atoms with van der Waals surface area (Å²) in [6, 6.07) is 20.4. The molecule has 2 aromatic carbocycles. The maximum atomic E-state index is 4.18. The van der Waals surface area contributed by atoms with Crippen molar-refractivity contribution in [2.75, 3.05) is 0 Å². The van der Waals surface area contributed by atoms with Crippen molar-refractivity contribution >= 4 is 23.2 Å². The number of aromatic nitrogens is 1. The van der Waals surface area contributed by atoms with Crippen molar-refractivity contribution in [3.63, 3.8) is 0 Å². The van der Waals surface area contributed by atoms with Crippen molar-refractivity contribution in [2.45, 2.75) is 0 Å². The fraction of sp³-hybridized carbons (Fsp3) is 0. The molecule has 0 amide bonds. The van der Waals surface area contributed by atoms with E-state index >= 15 is 0 Å². The standard InChI is InChI=1S/C10H9N.C9H7N/c1-2-5-10-8-11-7-3-6-9(10)4-1;1-2-6-9-8(4-1)5-3-7-10-9/h1-8,11H;1-7H. The number of hydrogen-bond acceptors (Lipinski definition) is 2. The lowest BCUT2D eigenvalue weighted by Gasteiger charge is -1.91. The number of fused-ring (bicyclic) bond motifs is 2.